The Morgan fingerprint density at radius 2 is 1.87 bits per heavy atom. The zero-order chi connectivity index (χ0) is 16.2. The zero-order valence-electron chi connectivity index (χ0n) is 13.4. The molecule has 0 saturated heterocycles. The first kappa shape index (κ1) is 15.3. The first-order chi connectivity index (χ1) is 11.2. The van der Waals surface area contributed by atoms with Crippen molar-refractivity contribution in [2.75, 3.05) is 0 Å². The second kappa shape index (κ2) is 6.64. The van der Waals surface area contributed by atoms with E-state index in [0.717, 1.165) is 29.0 Å². The molecule has 1 aromatic heterocycles. The summed E-state index contributed by atoms with van der Waals surface area (Å²) in [4.78, 5) is 8.13. The van der Waals surface area contributed by atoms with Crippen LogP contribution in [0.2, 0.25) is 0 Å². The van der Waals surface area contributed by atoms with Gasteiger partial charge in [0.25, 0.3) is 0 Å². The van der Waals surface area contributed by atoms with Crippen molar-refractivity contribution >= 4 is 11.0 Å². The molecule has 3 aromatic rings. The summed E-state index contributed by atoms with van der Waals surface area (Å²) in [6.07, 6.45) is 0. The fraction of sp³-hybridized carbons (Fsp3) is 0.263. The molecule has 1 heterocycles. The molecule has 1 unspecified atom stereocenters. The highest BCUT2D eigenvalue weighted by molar-refractivity contribution is 5.74. The van der Waals surface area contributed by atoms with Gasteiger partial charge >= 0.3 is 0 Å². The molecule has 0 aliphatic heterocycles. The van der Waals surface area contributed by atoms with Crippen LogP contribution in [0.15, 0.2) is 48.5 Å². The first-order valence-corrected chi connectivity index (χ1v) is 7.84. The number of aromatic amines is 1. The smallest absolute Gasteiger partial charge is 0.124 e. The lowest BCUT2D eigenvalue weighted by atomic mass is 10.0. The van der Waals surface area contributed by atoms with Gasteiger partial charge in [0.05, 0.1) is 28.7 Å². The van der Waals surface area contributed by atoms with Gasteiger partial charge in [-0.25, -0.2) is 4.98 Å². The van der Waals surface area contributed by atoms with Gasteiger partial charge in [-0.05, 0) is 35.7 Å². The van der Waals surface area contributed by atoms with Crippen molar-refractivity contribution < 1.29 is 0 Å². The van der Waals surface area contributed by atoms with E-state index in [1.807, 2.05) is 48.5 Å². The van der Waals surface area contributed by atoms with Crippen molar-refractivity contribution in [3.8, 4) is 6.07 Å². The van der Waals surface area contributed by atoms with Crippen LogP contribution in [0.1, 0.15) is 36.8 Å². The number of imidazole rings is 1. The van der Waals surface area contributed by atoms with Crippen LogP contribution in [-0.2, 0) is 6.54 Å². The monoisotopic (exact) mass is 304 g/mol. The van der Waals surface area contributed by atoms with Crippen molar-refractivity contribution in [1.82, 2.24) is 15.3 Å². The van der Waals surface area contributed by atoms with Crippen LogP contribution in [0.3, 0.4) is 0 Å². The van der Waals surface area contributed by atoms with Crippen LogP contribution in [-0.4, -0.2) is 9.97 Å². The Kier molecular flexibility index (Phi) is 4.40. The average molecular weight is 304 g/mol. The van der Waals surface area contributed by atoms with Crippen molar-refractivity contribution in [3.63, 3.8) is 0 Å². The van der Waals surface area contributed by atoms with Crippen molar-refractivity contribution in [2.24, 2.45) is 5.92 Å². The fourth-order valence-electron chi connectivity index (χ4n) is 2.69. The predicted molar refractivity (Wildman–Crippen MR) is 91.7 cm³/mol. The number of benzene rings is 2. The second-order valence-electron chi connectivity index (χ2n) is 6.05. The van der Waals surface area contributed by atoms with Gasteiger partial charge in [-0.2, -0.15) is 5.26 Å². The Labute approximate surface area is 136 Å². The third-order valence-corrected chi connectivity index (χ3v) is 3.98. The Morgan fingerprint density at radius 1 is 1.13 bits per heavy atom. The molecule has 2 N–H and O–H groups in total. The molecule has 0 amide bonds. The summed E-state index contributed by atoms with van der Waals surface area (Å²) in [5.41, 5.74) is 3.90. The molecule has 0 aliphatic carbocycles. The zero-order valence-corrected chi connectivity index (χ0v) is 13.4. The standard InChI is InChI=1S/C19H20N4/c1-13(2)18(19-22-16-5-3-4-6-17(16)23-19)21-12-15-9-7-14(11-20)8-10-15/h3-10,13,18,21H,12H2,1-2H3,(H,22,23). The Bertz CT molecular complexity index is 791. The number of para-hydroxylation sites is 2. The summed E-state index contributed by atoms with van der Waals surface area (Å²) in [6.45, 7) is 5.11. The number of H-pyrrole nitrogens is 1. The maximum atomic E-state index is 8.86. The molecule has 0 fully saturated rings. The molecule has 0 bridgehead atoms. The van der Waals surface area contributed by atoms with E-state index in [9.17, 15) is 0 Å². The summed E-state index contributed by atoms with van der Waals surface area (Å²) in [7, 11) is 0. The Hall–Kier alpha value is -2.64. The van der Waals surface area contributed by atoms with E-state index in [1.165, 1.54) is 0 Å². The van der Waals surface area contributed by atoms with Gasteiger partial charge in [-0.3, -0.25) is 0 Å². The van der Waals surface area contributed by atoms with Crippen LogP contribution in [0.25, 0.3) is 11.0 Å². The van der Waals surface area contributed by atoms with Crippen molar-refractivity contribution in [1.29, 1.82) is 5.26 Å². The number of aromatic nitrogens is 2. The minimum atomic E-state index is 0.151. The summed E-state index contributed by atoms with van der Waals surface area (Å²) in [5.74, 6) is 1.38. The summed E-state index contributed by atoms with van der Waals surface area (Å²) in [5, 5.41) is 12.4. The number of fused-ring (bicyclic) bond motifs is 1. The Morgan fingerprint density at radius 3 is 2.52 bits per heavy atom. The van der Waals surface area contributed by atoms with Crippen LogP contribution >= 0.6 is 0 Å². The molecule has 0 saturated carbocycles. The predicted octanol–water partition coefficient (Wildman–Crippen LogP) is 3.92. The van der Waals surface area contributed by atoms with Gasteiger partial charge in [0.1, 0.15) is 5.82 Å². The quantitative estimate of drug-likeness (QED) is 0.751. The van der Waals surface area contributed by atoms with Gasteiger partial charge in [0.15, 0.2) is 0 Å². The molecular formula is C19H20N4. The number of hydrogen-bond donors (Lipinski definition) is 2. The van der Waals surface area contributed by atoms with E-state index in [0.29, 0.717) is 11.5 Å². The first-order valence-electron chi connectivity index (χ1n) is 7.84. The van der Waals surface area contributed by atoms with Gasteiger partial charge in [-0.1, -0.05) is 38.1 Å². The SMILES string of the molecule is CC(C)C(NCc1ccc(C#N)cc1)c1nc2ccccc2[nH]1. The highest BCUT2D eigenvalue weighted by Gasteiger charge is 2.19. The Balaban J connectivity index is 1.77. The van der Waals surface area contributed by atoms with Crippen LogP contribution in [0, 0.1) is 17.2 Å². The van der Waals surface area contributed by atoms with Gasteiger partial charge < -0.3 is 10.3 Å². The van der Waals surface area contributed by atoms with Gasteiger partial charge in [0.2, 0.25) is 0 Å². The number of hydrogen-bond acceptors (Lipinski definition) is 3. The van der Waals surface area contributed by atoms with E-state index < -0.39 is 0 Å². The summed E-state index contributed by atoms with van der Waals surface area (Å²) >= 11 is 0. The number of nitrogens with one attached hydrogen (secondary N) is 2. The third kappa shape index (κ3) is 3.41. The average Bonchev–Trinajstić information content (AvgIpc) is 2.99. The maximum absolute atomic E-state index is 8.86. The molecule has 0 aliphatic rings. The van der Waals surface area contributed by atoms with E-state index in [1.54, 1.807) is 0 Å². The molecule has 0 radical (unpaired) electrons. The fourth-order valence-corrected chi connectivity index (χ4v) is 2.69. The van der Waals surface area contributed by atoms with E-state index in [2.05, 4.69) is 30.2 Å². The maximum Gasteiger partial charge on any atom is 0.124 e. The largest absolute Gasteiger partial charge is 0.341 e. The number of nitrogens with zero attached hydrogens (tertiary/aromatic N) is 2. The van der Waals surface area contributed by atoms with Gasteiger partial charge in [0, 0.05) is 6.54 Å². The molecule has 1 atom stereocenters. The second-order valence-corrected chi connectivity index (χ2v) is 6.05. The summed E-state index contributed by atoms with van der Waals surface area (Å²) in [6, 6.07) is 18.0. The van der Waals surface area contributed by atoms with E-state index in [-0.39, 0.29) is 6.04 Å². The molecule has 23 heavy (non-hydrogen) atoms. The van der Waals surface area contributed by atoms with Crippen LogP contribution < -0.4 is 5.32 Å². The van der Waals surface area contributed by atoms with Crippen LogP contribution in [0.4, 0.5) is 0 Å². The minimum absolute atomic E-state index is 0.151. The van der Waals surface area contributed by atoms with Gasteiger partial charge in [-0.15, -0.1) is 0 Å². The number of nitriles is 1. The molecule has 4 heteroatoms. The molecular weight excluding hydrogens is 284 g/mol. The highest BCUT2D eigenvalue weighted by Crippen LogP contribution is 2.22. The van der Waals surface area contributed by atoms with Crippen molar-refractivity contribution in [2.45, 2.75) is 26.4 Å². The summed E-state index contributed by atoms with van der Waals surface area (Å²) < 4.78 is 0. The molecule has 4 nitrogen and oxygen atoms in total. The van der Waals surface area contributed by atoms with E-state index >= 15 is 0 Å². The molecule has 116 valence electrons. The topological polar surface area (TPSA) is 64.5 Å². The lowest BCUT2D eigenvalue weighted by molar-refractivity contribution is 0.396. The molecule has 0 spiro atoms. The normalized spacial score (nSPS) is 12.4. The highest BCUT2D eigenvalue weighted by atomic mass is 15.0. The lowest BCUT2D eigenvalue weighted by Gasteiger charge is -2.20. The molecule has 3 rings (SSSR count). The van der Waals surface area contributed by atoms with Crippen molar-refractivity contribution in [3.05, 3.63) is 65.5 Å². The minimum Gasteiger partial charge on any atom is -0.341 e. The molecule has 2 aromatic carbocycles. The van der Waals surface area contributed by atoms with Crippen LogP contribution in [0.5, 0.6) is 0 Å². The lowest BCUT2D eigenvalue weighted by Crippen LogP contribution is -2.26. The third-order valence-electron chi connectivity index (χ3n) is 3.98. The van der Waals surface area contributed by atoms with E-state index in [4.69, 9.17) is 10.2 Å². The number of rotatable bonds is 5.